The molecule has 3 nitrogen and oxygen atoms in total. The zero-order chi connectivity index (χ0) is 10.8. The highest BCUT2D eigenvalue weighted by molar-refractivity contribution is 9.10. The van der Waals surface area contributed by atoms with E-state index in [-0.39, 0.29) is 0 Å². The maximum atomic E-state index is 9.79. The summed E-state index contributed by atoms with van der Waals surface area (Å²) in [5.41, 5.74) is 0.849. The molecule has 0 amide bonds. The second-order valence-corrected chi connectivity index (χ2v) is 4.30. The van der Waals surface area contributed by atoms with Crippen LogP contribution in [0.3, 0.4) is 0 Å². The molecule has 0 spiro atoms. The Bertz CT molecular complexity index is 365. The number of rotatable bonds is 2. The van der Waals surface area contributed by atoms with E-state index < -0.39 is 6.10 Å². The highest BCUT2D eigenvalue weighted by Gasteiger charge is 2.17. The predicted octanol–water partition coefficient (Wildman–Crippen LogP) is 2.66. The van der Waals surface area contributed by atoms with Crippen LogP contribution in [0.25, 0.3) is 0 Å². The minimum atomic E-state index is -0.463. The fourth-order valence-electron chi connectivity index (χ4n) is 1.55. The first-order chi connectivity index (χ1) is 7.22. The monoisotopic (exact) mass is 272 g/mol. The van der Waals surface area contributed by atoms with Crippen LogP contribution in [0.1, 0.15) is 25.0 Å². The second-order valence-electron chi connectivity index (χ2n) is 3.44. The van der Waals surface area contributed by atoms with Crippen molar-refractivity contribution in [2.75, 3.05) is 13.2 Å². The zero-order valence-electron chi connectivity index (χ0n) is 8.50. The van der Waals surface area contributed by atoms with Crippen molar-refractivity contribution in [1.29, 1.82) is 0 Å². The summed E-state index contributed by atoms with van der Waals surface area (Å²) >= 11 is 3.42. The molecule has 0 saturated heterocycles. The van der Waals surface area contributed by atoms with Crippen LogP contribution in [-0.4, -0.2) is 18.3 Å². The van der Waals surface area contributed by atoms with E-state index in [4.69, 9.17) is 9.47 Å². The molecular weight excluding hydrogens is 260 g/mol. The topological polar surface area (TPSA) is 38.7 Å². The lowest BCUT2D eigenvalue weighted by Gasteiger charge is -2.21. The number of fused-ring (bicyclic) bond motifs is 1. The molecule has 1 unspecified atom stereocenters. The van der Waals surface area contributed by atoms with Gasteiger partial charge in [-0.15, -0.1) is 0 Å². The Balaban J connectivity index is 2.40. The molecule has 1 aliphatic rings. The quantitative estimate of drug-likeness (QED) is 0.900. The summed E-state index contributed by atoms with van der Waals surface area (Å²) in [6.45, 7) is 3.08. The lowest BCUT2D eigenvalue weighted by molar-refractivity contribution is 0.162. The number of benzene rings is 1. The van der Waals surface area contributed by atoms with Crippen molar-refractivity contribution in [2.45, 2.75) is 19.4 Å². The van der Waals surface area contributed by atoms with E-state index in [9.17, 15) is 5.11 Å². The first-order valence-corrected chi connectivity index (χ1v) is 5.78. The molecule has 0 aromatic heterocycles. The van der Waals surface area contributed by atoms with Gasteiger partial charge in [-0.25, -0.2) is 0 Å². The summed E-state index contributed by atoms with van der Waals surface area (Å²) in [4.78, 5) is 0. The normalized spacial score (nSPS) is 16.2. The van der Waals surface area contributed by atoms with Crippen LogP contribution in [0.5, 0.6) is 11.5 Å². The molecule has 82 valence electrons. The number of aliphatic hydroxyl groups is 1. The third-order valence-electron chi connectivity index (χ3n) is 2.41. The predicted molar refractivity (Wildman–Crippen MR) is 60.4 cm³/mol. The molecule has 1 atom stereocenters. The van der Waals surface area contributed by atoms with Gasteiger partial charge in [0.15, 0.2) is 11.5 Å². The van der Waals surface area contributed by atoms with Crippen molar-refractivity contribution in [3.63, 3.8) is 0 Å². The molecule has 1 aromatic carbocycles. The summed E-state index contributed by atoms with van der Waals surface area (Å²) in [7, 11) is 0. The van der Waals surface area contributed by atoms with Crippen molar-refractivity contribution in [3.05, 3.63) is 22.2 Å². The molecule has 1 aliphatic heterocycles. The smallest absolute Gasteiger partial charge is 0.162 e. The highest BCUT2D eigenvalue weighted by atomic mass is 79.9. The van der Waals surface area contributed by atoms with Gasteiger partial charge in [-0.3, -0.25) is 0 Å². The van der Waals surface area contributed by atoms with Gasteiger partial charge in [0.1, 0.15) is 13.2 Å². The molecule has 2 rings (SSSR count). The number of hydrogen-bond acceptors (Lipinski definition) is 3. The van der Waals surface area contributed by atoms with Gasteiger partial charge in [0.2, 0.25) is 0 Å². The summed E-state index contributed by atoms with van der Waals surface area (Å²) in [5, 5.41) is 9.79. The minimum absolute atomic E-state index is 0.463. The summed E-state index contributed by atoms with van der Waals surface area (Å²) in [5.74, 6) is 1.45. The van der Waals surface area contributed by atoms with E-state index in [1.807, 2.05) is 19.1 Å². The van der Waals surface area contributed by atoms with E-state index >= 15 is 0 Å². The molecular formula is C11H13BrO3. The van der Waals surface area contributed by atoms with Crippen molar-refractivity contribution in [2.24, 2.45) is 0 Å². The molecule has 15 heavy (non-hydrogen) atoms. The lowest BCUT2D eigenvalue weighted by Crippen LogP contribution is -2.15. The van der Waals surface area contributed by atoms with Crippen molar-refractivity contribution in [1.82, 2.24) is 0 Å². The average Bonchev–Trinajstić information content (AvgIpc) is 2.27. The number of aliphatic hydroxyl groups excluding tert-OH is 1. The van der Waals surface area contributed by atoms with Crippen molar-refractivity contribution in [3.8, 4) is 11.5 Å². The van der Waals surface area contributed by atoms with Crippen LogP contribution in [0.15, 0.2) is 16.6 Å². The first kappa shape index (κ1) is 10.8. The SMILES string of the molecule is CCC(O)c1cc2c(cc1Br)OCCO2. The van der Waals surface area contributed by atoms with Crippen LogP contribution in [0.2, 0.25) is 0 Å². The van der Waals surface area contributed by atoms with Crippen LogP contribution in [-0.2, 0) is 0 Å². The van der Waals surface area contributed by atoms with Crippen LogP contribution < -0.4 is 9.47 Å². The van der Waals surface area contributed by atoms with E-state index in [1.165, 1.54) is 0 Å². The second kappa shape index (κ2) is 4.41. The van der Waals surface area contributed by atoms with E-state index in [0.29, 0.717) is 25.4 Å². The number of halogens is 1. The van der Waals surface area contributed by atoms with Gasteiger partial charge in [-0.05, 0) is 24.1 Å². The average molecular weight is 273 g/mol. The maximum Gasteiger partial charge on any atom is 0.162 e. The fraction of sp³-hybridized carbons (Fsp3) is 0.455. The molecule has 0 fully saturated rings. The largest absolute Gasteiger partial charge is 0.486 e. The van der Waals surface area contributed by atoms with Gasteiger partial charge >= 0.3 is 0 Å². The summed E-state index contributed by atoms with van der Waals surface area (Å²) in [6, 6.07) is 3.69. The Labute approximate surface area is 97.1 Å². The molecule has 0 bridgehead atoms. The summed E-state index contributed by atoms with van der Waals surface area (Å²) < 4.78 is 11.8. The molecule has 1 heterocycles. The summed E-state index contributed by atoms with van der Waals surface area (Å²) in [6.07, 6.45) is 0.216. The Morgan fingerprint density at radius 2 is 1.93 bits per heavy atom. The first-order valence-electron chi connectivity index (χ1n) is 4.99. The standard InChI is InChI=1S/C11H13BrO3/c1-2-9(13)7-5-10-11(6-8(7)12)15-4-3-14-10/h5-6,9,13H,2-4H2,1H3. The van der Waals surface area contributed by atoms with Gasteiger partial charge in [0, 0.05) is 4.47 Å². The van der Waals surface area contributed by atoms with Crippen LogP contribution in [0.4, 0.5) is 0 Å². The van der Waals surface area contributed by atoms with Crippen LogP contribution >= 0.6 is 15.9 Å². The van der Waals surface area contributed by atoms with E-state index in [0.717, 1.165) is 15.8 Å². The van der Waals surface area contributed by atoms with Gasteiger partial charge in [0.25, 0.3) is 0 Å². The van der Waals surface area contributed by atoms with Gasteiger partial charge in [0.05, 0.1) is 6.10 Å². The third kappa shape index (κ3) is 2.11. The molecule has 0 saturated carbocycles. The van der Waals surface area contributed by atoms with Gasteiger partial charge in [-0.2, -0.15) is 0 Å². The Morgan fingerprint density at radius 3 is 2.53 bits per heavy atom. The lowest BCUT2D eigenvalue weighted by atomic mass is 10.1. The van der Waals surface area contributed by atoms with Crippen molar-refractivity contribution >= 4 is 15.9 Å². The fourth-order valence-corrected chi connectivity index (χ4v) is 2.14. The van der Waals surface area contributed by atoms with Crippen LogP contribution in [0, 0.1) is 0 Å². The Morgan fingerprint density at radius 1 is 1.33 bits per heavy atom. The molecule has 1 aromatic rings. The van der Waals surface area contributed by atoms with Gasteiger partial charge in [-0.1, -0.05) is 22.9 Å². The Kier molecular flexibility index (Phi) is 3.17. The molecule has 4 heteroatoms. The highest BCUT2D eigenvalue weighted by Crippen LogP contribution is 2.38. The van der Waals surface area contributed by atoms with Gasteiger partial charge < -0.3 is 14.6 Å². The maximum absolute atomic E-state index is 9.79. The van der Waals surface area contributed by atoms with Crippen molar-refractivity contribution < 1.29 is 14.6 Å². The Hall–Kier alpha value is -0.740. The number of ether oxygens (including phenoxy) is 2. The third-order valence-corrected chi connectivity index (χ3v) is 3.09. The number of hydrogen-bond donors (Lipinski definition) is 1. The van der Waals surface area contributed by atoms with E-state index in [1.54, 1.807) is 0 Å². The minimum Gasteiger partial charge on any atom is -0.486 e. The zero-order valence-corrected chi connectivity index (χ0v) is 10.1. The molecule has 1 N–H and O–H groups in total. The van der Waals surface area contributed by atoms with E-state index in [2.05, 4.69) is 15.9 Å². The molecule has 0 radical (unpaired) electrons. The molecule has 0 aliphatic carbocycles.